The van der Waals surface area contributed by atoms with Crippen LogP contribution >= 0.6 is 11.3 Å². The number of rotatable bonds is 0. The van der Waals surface area contributed by atoms with Crippen LogP contribution in [0.1, 0.15) is 6.42 Å². The first-order valence-electron chi connectivity index (χ1n) is 4.58. The second-order valence-corrected chi connectivity index (χ2v) is 4.37. The molecule has 0 N–H and O–H groups in total. The van der Waals surface area contributed by atoms with Gasteiger partial charge in [0.1, 0.15) is 0 Å². The topological polar surface area (TPSA) is 0 Å². The van der Waals surface area contributed by atoms with Crippen LogP contribution in [-0.2, 0) is 0 Å². The maximum atomic E-state index is 2.35. The number of hydrogen-bond donors (Lipinski definition) is 0. The minimum atomic E-state index is 0.635. The van der Waals surface area contributed by atoms with E-state index in [0.717, 1.165) is 0 Å². The molecule has 2 aliphatic carbocycles. The van der Waals surface area contributed by atoms with Gasteiger partial charge in [-0.2, -0.15) is 0 Å². The first-order valence-corrected chi connectivity index (χ1v) is 5.46. The highest BCUT2D eigenvalue weighted by Crippen LogP contribution is 2.24. The van der Waals surface area contributed by atoms with E-state index in [1.54, 1.807) is 0 Å². The van der Waals surface area contributed by atoms with E-state index in [1.165, 1.54) is 21.7 Å². The Labute approximate surface area is 81.2 Å². The van der Waals surface area contributed by atoms with Crippen molar-refractivity contribution in [1.29, 1.82) is 0 Å². The fraction of sp³-hybridized carbons (Fsp3) is 0.167. The lowest BCUT2D eigenvalue weighted by Crippen LogP contribution is -2.27. The maximum absolute atomic E-state index is 2.35. The lowest BCUT2D eigenvalue weighted by atomic mass is 9.89. The second-order valence-electron chi connectivity index (χ2n) is 3.45. The smallest absolute Gasteiger partial charge is 0.0377 e. The van der Waals surface area contributed by atoms with E-state index in [9.17, 15) is 0 Å². The van der Waals surface area contributed by atoms with E-state index in [1.807, 2.05) is 11.3 Å². The molecule has 0 saturated heterocycles. The third-order valence-electron chi connectivity index (χ3n) is 2.68. The molecule has 1 atom stereocenters. The first kappa shape index (κ1) is 7.34. The Morgan fingerprint density at radius 2 is 2.31 bits per heavy atom. The molecule has 1 unspecified atom stereocenters. The van der Waals surface area contributed by atoms with Crippen LogP contribution in [0.25, 0.3) is 11.6 Å². The Kier molecular flexibility index (Phi) is 1.53. The van der Waals surface area contributed by atoms with Crippen LogP contribution in [0.3, 0.4) is 0 Å². The van der Waals surface area contributed by atoms with Crippen molar-refractivity contribution in [2.24, 2.45) is 5.92 Å². The number of allylic oxidation sites excluding steroid dienone is 4. The molecular formula is C12H10S. The Balaban J connectivity index is 2.40. The lowest BCUT2D eigenvalue weighted by molar-refractivity contribution is 0.868. The van der Waals surface area contributed by atoms with Crippen molar-refractivity contribution < 1.29 is 0 Å². The van der Waals surface area contributed by atoms with Gasteiger partial charge in [-0.3, -0.25) is 0 Å². The van der Waals surface area contributed by atoms with E-state index < -0.39 is 0 Å². The molecular weight excluding hydrogens is 176 g/mol. The molecule has 0 saturated carbocycles. The monoisotopic (exact) mass is 186 g/mol. The highest BCUT2D eigenvalue weighted by Gasteiger charge is 2.14. The summed E-state index contributed by atoms with van der Waals surface area (Å²) in [7, 11) is 0. The Bertz CT molecular complexity index is 499. The fourth-order valence-corrected chi connectivity index (χ4v) is 3.00. The molecule has 2 aliphatic rings. The van der Waals surface area contributed by atoms with Crippen LogP contribution in [0.4, 0.5) is 0 Å². The molecule has 3 rings (SSSR count). The summed E-state index contributed by atoms with van der Waals surface area (Å²) in [6.45, 7) is 0. The van der Waals surface area contributed by atoms with Crippen molar-refractivity contribution >= 4 is 23.0 Å². The molecule has 0 fully saturated rings. The van der Waals surface area contributed by atoms with Gasteiger partial charge in [0.05, 0.1) is 0 Å². The minimum Gasteiger partial charge on any atom is -0.144 e. The van der Waals surface area contributed by atoms with Gasteiger partial charge in [-0.1, -0.05) is 30.4 Å². The van der Waals surface area contributed by atoms with Crippen molar-refractivity contribution in [2.45, 2.75) is 6.42 Å². The predicted molar refractivity (Wildman–Crippen MR) is 57.8 cm³/mol. The summed E-state index contributed by atoms with van der Waals surface area (Å²) >= 11 is 1.86. The second kappa shape index (κ2) is 2.71. The molecule has 0 bridgehead atoms. The summed E-state index contributed by atoms with van der Waals surface area (Å²) in [5, 5.41) is 3.61. The van der Waals surface area contributed by atoms with E-state index in [0.29, 0.717) is 5.92 Å². The Morgan fingerprint density at radius 3 is 3.31 bits per heavy atom. The molecule has 0 amide bonds. The quantitative estimate of drug-likeness (QED) is 0.580. The van der Waals surface area contributed by atoms with E-state index >= 15 is 0 Å². The van der Waals surface area contributed by atoms with Gasteiger partial charge >= 0.3 is 0 Å². The third kappa shape index (κ3) is 1.04. The van der Waals surface area contributed by atoms with Gasteiger partial charge in [-0.05, 0) is 28.7 Å². The number of hydrogen-bond acceptors (Lipinski definition) is 1. The zero-order valence-corrected chi connectivity index (χ0v) is 8.05. The summed E-state index contributed by atoms with van der Waals surface area (Å²) < 4.78 is 1.47. The summed E-state index contributed by atoms with van der Waals surface area (Å²) in [5.41, 5.74) is 1.51. The van der Waals surface area contributed by atoms with Crippen molar-refractivity contribution in [2.75, 3.05) is 0 Å². The highest BCUT2D eigenvalue weighted by atomic mass is 32.1. The largest absolute Gasteiger partial charge is 0.144 e. The summed E-state index contributed by atoms with van der Waals surface area (Å²) in [6.07, 6.45) is 12.4. The average molecular weight is 186 g/mol. The molecule has 0 nitrogen and oxygen atoms in total. The molecule has 1 heteroatoms. The van der Waals surface area contributed by atoms with Crippen molar-refractivity contribution in [3.05, 3.63) is 45.5 Å². The molecule has 0 aliphatic heterocycles. The fourth-order valence-electron chi connectivity index (χ4n) is 2.00. The highest BCUT2D eigenvalue weighted by molar-refractivity contribution is 7.07. The van der Waals surface area contributed by atoms with Crippen LogP contribution < -0.4 is 9.75 Å². The standard InChI is InChI=1S/C12H10S/c1-2-4-11-9(3-1)5-6-10-7-8-13-12(10)11/h1-4,6-9H,5H2. The lowest BCUT2D eigenvalue weighted by Gasteiger charge is -2.17. The molecule has 1 aromatic rings. The zero-order valence-electron chi connectivity index (χ0n) is 7.23. The van der Waals surface area contributed by atoms with Crippen LogP contribution in [0, 0.1) is 5.92 Å². The van der Waals surface area contributed by atoms with Crippen LogP contribution in [0.15, 0.2) is 35.8 Å². The molecule has 0 spiro atoms. The van der Waals surface area contributed by atoms with Gasteiger partial charge in [0, 0.05) is 10.5 Å². The molecule has 0 radical (unpaired) electrons. The summed E-state index contributed by atoms with van der Waals surface area (Å²) in [5.74, 6) is 0.635. The molecule has 1 aromatic heterocycles. The van der Waals surface area contributed by atoms with Gasteiger partial charge in [0.2, 0.25) is 0 Å². The normalized spacial score (nSPS) is 23.7. The van der Waals surface area contributed by atoms with E-state index in [-0.39, 0.29) is 0 Å². The zero-order chi connectivity index (χ0) is 8.67. The molecule has 64 valence electrons. The number of thiophene rings is 1. The van der Waals surface area contributed by atoms with Crippen LogP contribution in [-0.4, -0.2) is 0 Å². The maximum Gasteiger partial charge on any atom is 0.0377 e. The van der Waals surface area contributed by atoms with Crippen LogP contribution in [0.2, 0.25) is 0 Å². The molecule has 13 heavy (non-hydrogen) atoms. The van der Waals surface area contributed by atoms with Crippen molar-refractivity contribution in [3.63, 3.8) is 0 Å². The van der Waals surface area contributed by atoms with Gasteiger partial charge < -0.3 is 0 Å². The SMILES string of the molecule is C1=CC2=c3sccc3=CCC2C=C1. The van der Waals surface area contributed by atoms with E-state index in [4.69, 9.17) is 0 Å². The van der Waals surface area contributed by atoms with Gasteiger partial charge in [-0.15, -0.1) is 11.3 Å². The van der Waals surface area contributed by atoms with Crippen LogP contribution in [0.5, 0.6) is 0 Å². The average Bonchev–Trinajstić information content (AvgIpc) is 2.65. The Morgan fingerprint density at radius 1 is 1.31 bits per heavy atom. The van der Waals surface area contributed by atoms with Gasteiger partial charge in [-0.25, -0.2) is 0 Å². The van der Waals surface area contributed by atoms with Crippen molar-refractivity contribution in [3.8, 4) is 0 Å². The van der Waals surface area contributed by atoms with Crippen molar-refractivity contribution in [1.82, 2.24) is 0 Å². The van der Waals surface area contributed by atoms with E-state index in [2.05, 4.69) is 41.8 Å². The predicted octanol–water partition coefficient (Wildman–Crippen LogP) is 1.83. The third-order valence-corrected chi connectivity index (χ3v) is 3.66. The molecule has 0 aromatic carbocycles. The summed E-state index contributed by atoms with van der Waals surface area (Å²) in [6, 6.07) is 2.22. The van der Waals surface area contributed by atoms with Gasteiger partial charge in [0.15, 0.2) is 0 Å². The summed E-state index contributed by atoms with van der Waals surface area (Å²) in [4.78, 5) is 0. The van der Waals surface area contributed by atoms with Gasteiger partial charge in [0.25, 0.3) is 0 Å². The number of fused-ring (bicyclic) bond motifs is 2. The molecule has 1 heterocycles. The first-order chi connectivity index (χ1) is 6.45. The Hall–Kier alpha value is -1.08. The minimum absolute atomic E-state index is 0.635.